The highest BCUT2D eigenvalue weighted by atomic mass is 15.1. The maximum Gasteiger partial charge on any atom is 0.0466 e. The molecule has 0 aliphatic rings. The molecular formula is C15H16N. The van der Waals surface area contributed by atoms with Crippen LogP contribution in [0.15, 0.2) is 60.7 Å². The topological polar surface area (TPSA) is 3.24 Å². The Morgan fingerprint density at radius 3 is 2.00 bits per heavy atom. The molecule has 81 valence electrons. The third kappa shape index (κ3) is 2.63. The van der Waals surface area contributed by atoms with Gasteiger partial charge in [-0.25, -0.2) is 0 Å². The Balaban J connectivity index is 2.13. The first-order valence-corrected chi connectivity index (χ1v) is 5.55. The molecule has 2 rings (SSSR count). The van der Waals surface area contributed by atoms with E-state index >= 15 is 0 Å². The first-order valence-electron chi connectivity index (χ1n) is 5.55. The second kappa shape index (κ2) is 5.36. The van der Waals surface area contributed by atoms with E-state index < -0.39 is 0 Å². The van der Waals surface area contributed by atoms with Crippen molar-refractivity contribution in [1.82, 2.24) is 0 Å². The van der Waals surface area contributed by atoms with Crippen molar-refractivity contribution in [3.05, 3.63) is 72.8 Å². The Morgan fingerprint density at radius 1 is 0.875 bits per heavy atom. The molecule has 0 saturated carbocycles. The second-order valence-electron chi connectivity index (χ2n) is 3.71. The molecule has 0 fully saturated rings. The van der Waals surface area contributed by atoms with Gasteiger partial charge in [-0.1, -0.05) is 48.5 Å². The summed E-state index contributed by atoms with van der Waals surface area (Å²) in [6.45, 7) is 5.10. The molecule has 0 bridgehead atoms. The lowest BCUT2D eigenvalue weighted by molar-refractivity contribution is 0.907. The molecule has 1 radical (unpaired) electrons. The monoisotopic (exact) mass is 210 g/mol. The van der Waals surface area contributed by atoms with E-state index in [9.17, 15) is 0 Å². The summed E-state index contributed by atoms with van der Waals surface area (Å²) in [5, 5.41) is 0. The van der Waals surface area contributed by atoms with E-state index in [0.717, 1.165) is 6.54 Å². The van der Waals surface area contributed by atoms with Crippen molar-refractivity contribution in [1.29, 1.82) is 0 Å². The molecule has 0 spiro atoms. The summed E-state index contributed by atoms with van der Waals surface area (Å²) in [4.78, 5) is 2.25. The highest BCUT2D eigenvalue weighted by molar-refractivity contribution is 5.48. The number of nitrogens with zero attached hydrogens (tertiary/aromatic N) is 1. The average Bonchev–Trinajstić information content (AvgIpc) is 2.38. The van der Waals surface area contributed by atoms with Gasteiger partial charge in [0.15, 0.2) is 0 Å². The predicted molar refractivity (Wildman–Crippen MR) is 69.0 cm³/mol. The molecule has 2 aromatic rings. The van der Waals surface area contributed by atoms with Gasteiger partial charge in [-0.15, -0.1) is 0 Å². The van der Waals surface area contributed by atoms with Crippen LogP contribution in [0.5, 0.6) is 0 Å². The Labute approximate surface area is 97.3 Å². The van der Waals surface area contributed by atoms with E-state index in [0.29, 0.717) is 0 Å². The molecule has 16 heavy (non-hydrogen) atoms. The Kier molecular flexibility index (Phi) is 3.60. The summed E-state index contributed by atoms with van der Waals surface area (Å²) >= 11 is 0. The van der Waals surface area contributed by atoms with Gasteiger partial charge in [0.05, 0.1) is 0 Å². The van der Waals surface area contributed by atoms with E-state index in [4.69, 9.17) is 0 Å². The van der Waals surface area contributed by atoms with Crippen molar-refractivity contribution in [3.8, 4) is 0 Å². The summed E-state index contributed by atoms with van der Waals surface area (Å²) < 4.78 is 0. The first kappa shape index (κ1) is 10.7. The van der Waals surface area contributed by atoms with Crippen LogP contribution in [0.1, 0.15) is 12.5 Å². The van der Waals surface area contributed by atoms with E-state index in [1.807, 2.05) is 12.1 Å². The van der Waals surface area contributed by atoms with E-state index in [1.165, 1.54) is 11.3 Å². The quantitative estimate of drug-likeness (QED) is 0.740. The van der Waals surface area contributed by atoms with Crippen LogP contribution in [-0.4, -0.2) is 0 Å². The average molecular weight is 210 g/mol. The third-order valence-electron chi connectivity index (χ3n) is 2.60. The molecule has 1 heteroatoms. The zero-order chi connectivity index (χ0) is 11.2. The van der Waals surface area contributed by atoms with Crippen LogP contribution < -0.4 is 4.90 Å². The fraction of sp³-hybridized carbons (Fsp3) is 0.133. The summed E-state index contributed by atoms with van der Waals surface area (Å²) in [5.41, 5.74) is 2.55. The molecule has 0 heterocycles. The van der Waals surface area contributed by atoms with Crippen LogP contribution in [0.4, 0.5) is 5.69 Å². The van der Waals surface area contributed by atoms with Crippen molar-refractivity contribution >= 4 is 5.69 Å². The van der Waals surface area contributed by atoms with Crippen LogP contribution in [0.25, 0.3) is 0 Å². The van der Waals surface area contributed by atoms with E-state index in [1.54, 1.807) is 0 Å². The second-order valence-corrected chi connectivity index (χ2v) is 3.71. The van der Waals surface area contributed by atoms with E-state index in [-0.39, 0.29) is 0 Å². The maximum absolute atomic E-state index is 2.25. The van der Waals surface area contributed by atoms with Gasteiger partial charge in [-0.3, -0.25) is 0 Å². The molecule has 0 aromatic heterocycles. The maximum atomic E-state index is 2.25. The fourth-order valence-electron chi connectivity index (χ4n) is 1.73. The molecule has 2 aromatic carbocycles. The molecule has 0 amide bonds. The highest BCUT2D eigenvalue weighted by Gasteiger charge is 2.03. The highest BCUT2D eigenvalue weighted by Crippen LogP contribution is 2.17. The Hall–Kier alpha value is -1.76. The SMILES string of the molecule is C[CH]N(Cc1ccccc1)c1ccccc1. The van der Waals surface area contributed by atoms with Crippen molar-refractivity contribution in [3.63, 3.8) is 0 Å². The molecular weight excluding hydrogens is 194 g/mol. The van der Waals surface area contributed by atoms with Gasteiger partial charge in [0, 0.05) is 18.8 Å². The van der Waals surface area contributed by atoms with Crippen molar-refractivity contribution in [2.75, 3.05) is 4.90 Å². The van der Waals surface area contributed by atoms with Gasteiger partial charge in [0.25, 0.3) is 0 Å². The molecule has 0 atom stereocenters. The standard InChI is InChI=1S/C15H16N/c1-2-16(15-11-7-4-8-12-15)13-14-9-5-3-6-10-14/h2-12H,13H2,1H3. The lowest BCUT2D eigenvalue weighted by Gasteiger charge is -2.22. The lowest BCUT2D eigenvalue weighted by atomic mass is 10.2. The minimum atomic E-state index is 0.918. The minimum Gasteiger partial charge on any atom is -0.362 e. The number of anilines is 1. The van der Waals surface area contributed by atoms with Crippen LogP contribution in [0.2, 0.25) is 0 Å². The van der Waals surface area contributed by atoms with Crippen molar-refractivity contribution < 1.29 is 0 Å². The van der Waals surface area contributed by atoms with Crippen LogP contribution in [-0.2, 0) is 6.54 Å². The van der Waals surface area contributed by atoms with Gasteiger partial charge >= 0.3 is 0 Å². The molecule has 1 nitrogen and oxygen atoms in total. The Morgan fingerprint density at radius 2 is 1.44 bits per heavy atom. The summed E-state index contributed by atoms with van der Waals surface area (Å²) in [5.74, 6) is 0. The van der Waals surface area contributed by atoms with Crippen LogP contribution >= 0.6 is 0 Å². The third-order valence-corrected chi connectivity index (χ3v) is 2.60. The smallest absolute Gasteiger partial charge is 0.0466 e. The molecule has 0 unspecified atom stereocenters. The van der Waals surface area contributed by atoms with Gasteiger partial charge in [-0.05, 0) is 24.6 Å². The molecule has 0 N–H and O–H groups in total. The fourth-order valence-corrected chi connectivity index (χ4v) is 1.73. The summed E-state index contributed by atoms with van der Waals surface area (Å²) in [6.07, 6.45) is 0. The largest absolute Gasteiger partial charge is 0.362 e. The lowest BCUT2D eigenvalue weighted by Crippen LogP contribution is -2.17. The predicted octanol–water partition coefficient (Wildman–Crippen LogP) is 3.87. The Bertz CT molecular complexity index is 408. The van der Waals surface area contributed by atoms with Gasteiger partial charge < -0.3 is 4.90 Å². The first-order chi connectivity index (χ1) is 7.90. The van der Waals surface area contributed by atoms with Gasteiger partial charge in [0.1, 0.15) is 0 Å². The number of para-hydroxylation sites is 1. The minimum absolute atomic E-state index is 0.918. The van der Waals surface area contributed by atoms with Crippen LogP contribution in [0, 0.1) is 6.54 Å². The molecule has 0 aliphatic heterocycles. The number of hydrogen-bond donors (Lipinski definition) is 0. The zero-order valence-electron chi connectivity index (χ0n) is 9.51. The normalized spacial score (nSPS) is 10.1. The molecule has 0 saturated heterocycles. The van der Waals surface area contributed by atoms with Crippen molar-refractivity contribution in [2.45, 2.75) is 13.5 Å². The summed E-state index contributed by atoms with van der Waals surface area (Å²) in [7, 11) is 0. The number of rotatable bonds is 4. The van der Waals surface area contributed by atoms with Gasteiger partial charge in [0.2, 0.25) is 0 Å². The van der Waals surface area contributed by atoms with Gasteiger partial charge in [-0.2, -0.15) is 0 Å². The van der Waals surface area contributed by atoms with E-state index in [2.05, 4.69) is 66.9 Å². The number of benzene rings is 2. The molecule has 0 aliphatic carbocycles. The van der Waals surface area contributed by atoms with Crippen molar-refractivity contribution in [2.24, 2.45) is 0 Å². The number of hydrogen-bond acceptors (Lipinski definition) is 1. The summed E-state index contributed by atoms with van der Waals surface area (Å²) in [6, 6.07) is 20.9. The zero-order valence-corrected chi connectivity index (χ0v) is 9.51. The van der Waals surface area contributed by atoms with Crippen LogP contribution in [0.3, 0.4) is 0 Å².